The highest BCUT2D eigenvalue weighted by Gasteiger charge is 2.16. The summed E-state index contributed by atoms with van der Waals surface area (Å²) >= 11 is 1.24. The zero-order valence-electron chi connectivity index (χ0n) is 11.2. The van der Waals surface area contributed by atoms with Crippen molar-refractivity contribution in [1.82, 2.24) is 0 Å². The van der Waals surface area contributed by atoms with Gasteiger partial charge in [-0.25, -0.2) is 0 Å². The molecular weight excluding hydrogens is 291 g/mol. The van der Waals surface area contributed by atoms with Gasteiger partial charge < -0.3 is 0 Å². The van der Waals surface area contributed by atoms with Crippen molar-refractivity contribution in [3.8, 4) is 0 Å². The van der Waals surface area contributed by atoms with Crippen molar-refractivity contribution < 1.29 is 9.59 Å². The van der Waals surface area contributed by atoms with Crippen LogP contribution in [0.5, 0.6) is 0 Å². The van der Waals surface area contributed by atoms with Crippen molar-refractivity contribution in [2.24, 2.45) is 0 Å². The van der Waals surface area contributed by atoms with E-state index in [0.717, 1.165) is 0 Å². The topological polar surface area (TPSA) is 34.1 Å². The van der Waals surface area contributed by atoms with E-state index < -0.39 is 0 Å². The zero-order chi connectivity index (χ0) is 14.7. The highest BCUT2D eigenvalue weighted by Crippen LogP contribution is 2.22. The van der Waals surface area contributed by atoms with Gasteiger partial charge in [-0.05, 0) is 12.1 Å². The highest BCUT2D eigenvalue weighted by molar-refractivity contribution is 7.16. The fourth-order valence-electron chi connectivity index (χ4n) is 2.05. The Bertz CT molecular complexity index is 713. The number of carbonyl (C=O) groups excluding carboxylic acids is 2. The predicted molar refractivity (Wildman–Crippen MR) is 95.4 cm³/mol. The molecule has 1 heterocycles. The summed E-state index contributed by atoms with van der Waals surface area (Å²) in [5.74, 6) is -0.0968. The van der Waals surface area contributed by atoms with Gasteiger partial charge in [-0.3, -0.25) is 9.59 Å². The molecule has 1 aromatic heterocycles. The summed E-state index contributed by atoms with van der Waals surface area (Å²) in [6.45, 7) is 0. The molecule has 0 spiro atoms. The average molecular weight is 307 g/mol. The summed E-state index contributed by atoms with van der Waals surface area (Å²) in [6, 6.07) is 21.6. The lowest BCUT2D eigenvalue weighted by Crippen LogP contribution is -1.98. The predicted octanol–water partition coefficient (Wildman–Crippen LogP) is 2.76. The third-order valence-electron chi connectivity index (χ3n) is 3.13. The first-order valence-corrected chi connectivity index (χ1v) is 7.37. The van der Waals surface area contributed by atoms with Crippen molar-refractivity contribution in [2.45, 2.75) is 0 Å². The van der Waals surface area contributed by atoms with Gasteiger partial charge in [0.2, 0.25) is 11.6 Å². The third-order valence-corrected chi connectivity index (χ3v) is 4.21. The number of benzene rings is 2. The fraction of sp³-hybridized carbons (Fsp3) is 0. The first-order valence-electron chi connectivity index (χ1n) is 6.55. The van der Waals surface area contributed by atoms with E-state index in [9.17, 15) is 9.59 Å². The number of rotatable bonds is 4. The van der Waals surface area contributed by atoms with Gasteiger partial charge in [0.05, 0.1) is 9.75 Å². The zero-order valence-corrected chi connectivity index (χ0v) is 12.0. The van der Waals surface area contributed by atoms with Crippen molar-refractivity contribution >= 4 is 31.3 Å². The molecule has 0 bridgehead atoms. The normalized spacial score (nSPS) is 9.82. The molecule has 22 heavy (non-hydrogen) atoms. The number of hydrogen-bond donors (Lipinski definition) is 0. The molecule has 0 fully saturated rings. The first-order chi connectivity index (χ1) is 10.3. The molecule has 0 saturated carbocycles. The standard InChI is InChI=1S/C18H12O2S.BH4/c19-17(13-7-3-1-4-8-13)15-11-12-16(21-15)18(20)14-9-5-2-6-10-14;/h1-12H;1H4/q;-1. The second-order valence-corrected chi connectivity index (χ2v) is 5.64. The Kier molecular flexibility index (Phi) is 5.07. The van der Waals surface area contributed by atoms with Crippen LogP contribution < -0.4 is 0 Å². The van der Waals surface area contributed by atoms with Crippen LogP contribution >= 0.6 is 11.3 Å². The lowest BCUT2D eigenvalue weighted by atomic mass is 10.1. The molecule has 3 aromatic rings. The summed E-state index contributed by atoms with van der Waals surface area (Å²) in [6.07, 6.45) is 0. The molecule has 0 saturated heterocycles. The van der Waals surface area contributed by atoms with Crippen LogP contribution in [0.25, 0.3) is 0 Å². The van der Waals surface area contributed by atoms with Gasteiger partial charge >= 0.3 is 0 Å². The van der Waals surface area contributed by atoms with Crippen LogP contribution in [0.3, 0.4) is 0 Å². The van der Waals surface area contributed by atoms with Gasteiger partial charge in [0.15, 0.2) is 0 Å². The van der Waals surface area contributed by atoms with E-state index in [4.69, 9.17) is 0 Å². The van der Waals surface area contributed by atoms with Gasteiger partial charge in [0, 0.05) is 11.1 Å². The maximum Gasteiger partial charge on any atom is 0.202 e. The Hall–Kier alpha value is -2.46. The van der Waals surface area contributed by atoms with E-state index in [2.05, 4.69) is 0 Å². The average Bonchev–Trinajstić information content (AvgIpc) is 3.05. The van der Waals surface area contributed by atoms with E-state index in [-0.39, 0.29) is 20.0 Å². The van der Waals surface area contributed by atoms with E-state index in [0.29, 0.717) is 20.9 Å². The van der Waals surface area contributed by atoms with Gasteiger partial charge in [0.1, 0.15) is 0 Å². The van der Waals surface area contributed by atoms with Crippen molar-refractivity contribution in [3.63, 3.8) is 0 Å². The van der Waals surface area contributed by atoms with E-state index in [1.807, 2.05) is 36.4 Å². The molecule has 4 heteroatoms. The molecule has 0 radical (unpaired) electrons. The summed E-state index contributed by atoms with van der Waals surface area (Å²) in [5, 5.41) is 0. The lowest BCUT2D eigenvalue weighted by molar-refractivity contribution is 0.103. The molecule has 0 aliphatic rings. The summed E-state index contributed by atoms with van der Waals surface area (Å²) < 4.78 is 0. The Morgan fingerprint density at radius 3 is 1.32 bits per heavy atom. The minimum absolute atomic E-state index is 0. The van der Waals surface area contributed by atoms with Crippen LogP contribution in [0, 0.1) is 0 Å². The van der Waals surface area contributed by atoms with Crippen molar-refractivity contribution in [1.29, 1.82) is 0 Å². The lowest BCUT2D eigenvalue weighted by Gasteiger charge is -1.98. The molecule has 110 valence electrons. The molecule has 3 rings (SSSR count). The Balaban J connectivity index is 0.00000176. The highest BCUT2D eigenvalue weighted by atomic mass is 32.1. The maximum absolute atomic E-state index is 12.3. The number of carbonyl (C=O) groups is 2. The quantitative estimate of drug-likeness (QED) is 0.549. The number of thiophene rings is 1. The van der Waals surface area contributed by atoms with Crippen LogP contribution in [-0.2, 0) is 0 Å². The minimum atomic E-state index is -0.0484. The molecule has 0 N–H and O–H groups in total. The summed E-state index contributed by atoms with van der Waals surface area (Å²) in [5.41, 5.74) is 1.27. The van der Waals surface area contributed by atoms with Gasteiger partial charge in [-0.15, -0.1) is 11.3 Å². The largest absolute Gasteiger partial charge is 0.288 e. The van der Waals surface area contributed by atoms with Gasteiger partial charge in [-0.1, -0.05) is 69.1 Å². The first kappa shape index (κ1) is 15.9. The molecule has 0 atom stereocenters. The number of ketones is 2. The summed E-state index contributed by atoms with van der Waals surface area (Å²) in [7, 11) is 0. The molecule has 2 nitrogen and oxygen atoms in total. The summed E-state index contributed by atoms with van der Waals surface area (Å²) in [4.78, 5) is 25.8. The van der Waals surface area contributed by atoms with Crippen molar-refractivity contribution in [3.05, 3.63) is 93.7 Å². The smallest absolute Gasteiger partial charge is 0.202 e. The second kappa shape index (κ2) is 7.01. The van der Waals surface area contributed by atoms with E-state index >= 15 is 0 Å². The molecule has 0 aliphatic heterocycles. The van der Waals surface area contributed by atoms with Crippen LogP contribution in [0.2, 0.25) is 0 Å². The van der Waals surface area contributed by atoms with Crippen LogP contribution in [0.15, 0.2) is 72.8 Å². The Morgan fingerprint density at radius 1 is 0.591 bits per heavy atom. The third kappa shape index (κ3) is 3.23. The van der Waals surface area contributed by atoms with Crippen molar-refractivity contribution in [2.75, 3.05) is 0 Å². The number of hydrogen-bond acceptors (Lipinski definition) is 3. The van der Waals surface area contributed by atoms with E-state index in [1.54, 1.807) is 36.4 Å². The maximum atomic E-state index is 12.3. The van der Waals surface area contributed by atoms with Gasteiger partial charge in [0.25, 0.3) is 0 Å². The second-order valence-electron chi connectivity index (χ2n) is 4.55. The Morgan fingerprint density at radius 2 is 0.955 bits per heavy atom. The minimum Gasteiger partial charge on any atom is -0.288 e. The van der Waals surface area contributed by atoms with E-state index in [1.165, 1.54) is 11.3 Å². The Labute approximate surface area is 135 Å². The molecule has 2 aromatic carbocycles. The molecule has 0 aliphatic carbocycles. The fourth-order valence-corrected chi connectivity index (χ4v) is 2.98. The van der Waals surface area contributed by atoms with Crippen LogP contribution in [-0.4, -0.2) is 20.0 Å². The molecular formula is C18H16BO2S-. The SMILES string of the molecule is O=C(c1ccccc1)c1ccc(C(=O)c2ccccc2)s1.[BH4-]. The molecule has 0 amide bonds. The molecule has 0 unspecified atom stereocenters. The van der Waals surface area contributed by atoms with Crippen LogP contribution in [0.4, 0.5) is 0 Å². The van der Waals surface area contributed by atoms with Gasteiger partial charge in [-0.2, -0.15) is 0 Å². The monoisotopic (exact) mass is 307 g/mol. The van der Waals surface area contributed by atoms with Crippen LogP contribution in [0.1, 0.15) is 30.5 Å².